The second kappa shape index (κ2) is 4.54. The highest BCUT2D eigenvalue weighted by atomic mass is 19.1. The van der Waals surface area contributed by atoms with Gasteiger partial charge >= 0.3 is 0 Å². The molecule has 0 fully saturated rings. The van der Waals surface area contributed by atoms with Crippen molar-refractivity contribution in [2.75, 3.05) is 0 Å². The van der Waals surface area contributed by atoms with Crippen molar-refractivity contribution >= 4 is 5.57 Å². The fourth-order valence-corrected chi connectivity index (χ4v) is 1.72. The maximum Gasteiger partial charge on any atom is 0.126 e. The first-order valence-corrected chi connectivity index (χ1v) is 5.60. The van der Waals surface area contributed by atoms with Gasteiger partial charge in [-0.3, -0.25) is 0 Å². The lowest BCUT2D eigenvalue weighted by Crippen LogP contribution is -1.85. The van der Waals surface area contributed by atoms with Gasteiger partial charge in [0.25, 0.3) is 0 Å². The number of allylic oxidation sites excluding steroid dienone is 1. The molecule has 0 aliphatic heterocycles. The number of benzene rings is 2. The first-order valence-electron chi connectivity index (χ1n) is 5.60. The molecule has 0 saturated heterocycles. The summed E-state index contributed by atoms with van der Waals surface area (Å²) in [5.41, 5.74) is 4.75. The van der Waals surface area contributed by atoms with E-state index in [9.17, 15) is 4.39 Å². The van der Waals surface area contributed by atoms with Crippen LogP contribution >= 0.6 is 0 Å². The van der Waals surface area contributed by atoms with E-state index >= 15 is 0 Å². The normalized spacial score (nSPS) is 10.3. The van der Waals surface area contributed by atoms with Crippen molar-refractivity contribution in [1.29, 1.82) is 0 Å². The predicted octanol–water partition coefficient (Wildman–Crippen LogP) is 4.83. The Labute approximate surface area is 101 Å². The standard InChI is InChI=1S/C16H15F/c1-11(2)13-6-8-14(9-7-13)15-5-4-12(3)16(17)10-15/h4-10H,1H2,2-3H3. The molecule has 2 aromatic rings. The minimum Gasteiger partial charge on any atom is -0.207 e. The minimum atomic E-state index is -0.161. The smallest absolute Gasteiger partial charge is 0.126 e. The highest BCUT2D eigenvalue weighted by molar-refractivity contribution is 5.68. The van der Waals surface area contributed by atoms with Gasteiger partial charge in [-0.1, -0.05) is 48.6 Å². The third kappa shape index (κ3) is 2.44. The van der Waals surface area contributed by atoms with Gasteiger partial charge in [0, 0.05) is 0 Å². The fraction of sp³-hybridized carbons (Fsp3) is 0.125. The molecular formula is C16H15F. The summed E-state index contributed by atoms with van der Waals surface area (Å²) >= 11 is 0. The molecule has 0 nitrogen and oxygen atoms in total. The molecule has 0 bridgehead atoms. The van der Waals surface area contributed by atoms with Crippen LogP contribution in [0.1, 0.15) is 18.1 Å². The van der Waals surface area contributed by atoms with Crippen LogP contribution in [0.3, 0.4) is 0 Å². The van der Waals surface area contributed by atoms with E-state index in [2.05, 4.69) is 6.58 Å². The van der Waals surface area contributed by atoms with E-state index in [1.54, 1.807) is 19.1 Å². The Morgan fingerprint density at radius 3 is 2.12 bits per heavy atom. The van der Waals surface area contributed by atoms with E-state index in [0.717, 1.165) is 22.3 Å². The molecule has 0 heterocycles. The van der Waals surface area contributed by atoms with Crippen molar-refractivity contribution in [1.82, 2.24) is 0 Å². The van der Waals surface area contributed by atoms with Gasteiger partial charge in [-0.05, 0) is 42.2 Å². The lowest BCUT2D eigenvalue weighted by atomic mass is 10.0. The van der Waals surface area contributed by atoms with Crippen LogP contribution in [0.4, 0.5) is 4.39 Å². The topological polar surface area (TPSA) is 0 Å². The maximum absolute atomic E-state index is 13.5. The van der Waals surface area contributed by atoms with Crippen molar-refractivity contribution < 1.29 is 4.39 Å². The Bertz CT molecular complexity index is 550. The van der Waals surface area contributed by atoms with Gasteiger partial charge in [0.2, 0.25) is 0 Å². The van der Waals surface area contributed by atoms with E-state index in [-0.39, 0.29) is 5.82 Å². The molecule has 0 N–H and O–H groups in total. The van der Waals surface area contributed by atoms with Gasteiger partial charge < -0.3 is 0 Å². The summed E-state index contributed by atoms with van der Waals surface area (Å²) in [6.45, 7) is 7.63. The highest BCUT2D eigenvalue weighted by Crippen LogP contribution is 2.23. The van der Waals surface area contributed by atoms with Crippen LogP contribution in [0.2, 0.25) is 0 Å². The van der Waals surface area contributed by atoms with E-state index in [0.29, 0.717) is 5.56 Å². The molecule has 2 aromatic carbocycles. The fourth-order valence-electron chi connectivity index (χ4n) is 1.72. The Morgan fingerprint density at radius 2 is 1.59 bits per heavy atom. The van der Waals surface area contributed by atoms with Crippen molar-refractivity contribution in [3.63, 3.8) is 0 Å². The number of hydrogen-bond acceptors (Lipinski definition) is 0. The molecule has 0 aliphatic rings. The van der Waals surface area contributed by atoms with Gasteiger partial charge in [0.1, 0.15) is 5.82 Å². The van der Waals surface area contributed by atoms with Gasteiger partial charge in [0.15, 0.2) is 0 Å². The summed E-state index contributed by atoms with van der Waals surface area (Å²) < 4.78 is 13.5. The van der Waals surface area contributed by atoms with Crippen LogP contribution in [0.5, 0.6) is 0 Å². The van der Waals surface area contributed by atoms with Crippen LogP contribution in [-0.4, -0.2) is 0 Å². The van der Waals surface area contributed by atoms with Crippen molar-refractivity contribution in [3.8, 4) is 11.1 Å². The third-order valence-electron chi connectivity index (χ3n) is 2.88. The molecule has 0 aliphatic carbocycles. The first-order chi connectivity index (χ1) is 8.08. The van der Waals surface area contributed by atoms with E-state index in [4.69, 9.17) is 0 Å². The summed E-state index contributed by atoms with van der Waals surface area (Å²) in [7, 11) is 0. The Kier molecular flexibility index (Phi) is 3.10. The van der Waals surface area contributed by atoms with Crippen LogP contribution < -0.4 is 0 Å². The molecule has 0 saturated carbocycles. The molecule has 86 valence electrons. The molecule has 1 heteroatoms. The lowest BCUT2D eigenvalue weighted by molar-refractivity contribution is 0.619. The molecule has 17 heavy (non-hydrogen) atoms. The summed E-state index contributed by atoms with van der Waals surface area (Å²) in [6.07, 6.45) is 0. The van der Waals surface area contributed by atoms with Crippen LogP contribution in [0.25, 0.3) is 16.7 Å². The molecule has 0 amide bonds. The zero-order valence-electron chi connectivity index (χ0n) is 10.1. The molecule has 0 spiro atoms. The lowest BCUT2D eigenvalue weighted by Gasteiger charge is -2.05. The Morgan fingerprint density at radius 1 is 1.00 bits per heavy atom. The zero-order valence-corrected chi connectivity index (χ0v) is 10.1. The van der Waals surface area contributed by atoms with Gasteiger partial charge in [-0.2, -0.15) is 0 Å². The van der Waals surface area contributed by atoms with E-state index in [1.165, 1.54) is 0 Å². The van der Waals surface area contributed by atoms with E-state index < -0.39 is 0 Å². The molecule has 0 atom stereocenters. The van der Waals surface area contributed by atoms with Gasteiger partial charge in [0.05, 0.1) is 0 Å². The Hall–Kier alpha value is -1.89. The number of rotatable bonds is 2. The first kappa shape index (κ1) is 11.6. The SMILES string of the molecule is C=C(C)c1ccc(-c2ccc(C)c(F)c2)cc1. The maximum atomic E-state index is 13.5. The van der Waals surface area contributed by atoms with Crippen molar-refractivity contribution in [2.45, 2.75) is 13.8 Å². The largest absolute Gasteiger partial charge is 0.207 e. The number of aryl methyl sites for hydroxylation is 1. The van der Waals surface area contributed by atoms with Crippen LogP contribution in [-0.2, 0) is 0 Å². The summed E-state index contributed by atoms with van der Waals surface area (Å²) in [6, 6.07) is 13.3. The Balaban J connectivity index is 2.39. The summed E-state index contributed by atoms with van der Waals surface area (Å²) in [5.74, 6) is -0.161. The summed E-state index contributed by atoms with van der Waals surface area (Å²) in [4.78, 5) is 0. The quantitative estimate of drug-likeness (QED) is 0.687. The van der Waals surface area contributed by atoms with Gasteiger partial charge in [-0.25, -0.2) is 4.39 Å². The number of halogens is 1. The predicted molar refractivity (Wildman–Crippen MR) is 71.3 cm³/mol. The minimum absolute atomic E-state index is 0.161. The molecular weight excluding hydrogens is 211 g/mol. The van der Waals surface area contributed by atoms with Gasteiger partial charge in [-0.15, -0.1) is 0 Å². The number of hydrogen-bond donors (Lipinski definition) is 0. The van der Waals surface area contributed by atoms with Crippen LogP contribution in [0, 0.1) is 12.7 Å². The third-order valence-corrected chi connectivity index (χ3v) is 2.88. The van der Waals surface area contributed by atoms with E-state index in [1.807, 2.05) is 37.3 Å². The molecule has 0 radical (unpaired) electrons. The molecule has 2 rings (SSSR count). The highest BCUT2D eigenvalue weighted by Gasteiger charge is 2.02. The van der Waals surface area contributed by atoms with Crippen molar-refractivity contribution in [3.05, 3.63) is 66.0 Å². The molecule has 0 unspecified atom stereocenters. The monoisotopic (exact) mass is 226 g/mol. The second-order valence-electron chi connectivity index (χ2n) is 4.32. The summed E-state index contributed by atoms with van der Waals surface area (Å²) in [5, 5.41) is 0. The molecule has 0 aromatic heterocycles. The second-order valence-corrected chi connectivity index (χ2v) is 4.32. The average molecular weight is 226 g/mol. The van der Waals surface area contributed by atoms with Crippen LogP contribution in [0.15, 0.2) is 49.0 Å². The van der Waals surface area contributed by atoms with Crippen molar-refractivity contribution in [2.24, 2.45) is 0 Å². The zero-order chi connectivity index (χ0) is 12.4. The average Bonchev–Trinajstić information content (AvgIpc) is 2.33.